The van der Waals surface area contributed by atoms with Crippen LogP contribution < -0.4 is 9.64 Å². The summed E-state index contributed by atoms with van der Waals surface area (Å²) in [4.78, 5) is 20.9. The van der Waals surface area contributed by atoms with E-state index in [-0.39, 0.29) is 11.8 Å². The molecule has 6 heteroatoms. The molecule has 0 N–H and O–H groups in total. The molecule has 6 nitrogen and oxygen atoms in total. The highest BCUT2D eigenvalue weighted by Crippen LogP contribution is 2.21. The molecule has 0 bridgehead atoms. The van der Waals surface area contributed by atoms with E-state index in [2.05, 4.69) is 9.88 Å². The van der Waals surface area contributed by atoms with Crippen molar-refractivity contribution < 1.29 is 14.3 Å². The van der Waals surface area contributed by atoms with E-state index in [9.17, 15) is 4.79 Å². The third-order valence-corrected chi connectivity index (χ3v) is 4.15. The highest BCUT2D eigenvalue weighted by Gasteiger charge is 2.30. The van der Waals surface area contributed by atoms with Gasteiger partial charge in [0.2, 0.25) is 5.91 Å². The molecule has 2 saturated heterocycles. The van der Waals surface area contributed by atoms with Gasteiger partial charge in [0.1, 0.15) is 11.6 Å². The maximum Gasteiger partial charge on any atom is 0.228 e. The molecule has 1 amide bonds. The molecular weight excluding hydrogens is 270 g/mol. The highest BCUT2D eigenvalue weighted by atomic mass is 16.5. The number of carbonyl (C=O) groups is 1. The Hall–Kier alpha value is -1.82. The van der Waals surface area contributed by atoms with Crippen LogP contribution in [0.25, 0.3) is 0 Å². The summed E-state index contributed by atoms with van der Waals surface area (Å²) in [5.74, 6) is 2.02. The van der Waals surface area contributed by atoms with Crippen LogP contribution in [-0.2, 0) is 9.53 Å². The summed E-state index contributed by atoms with van der Waals surface area (Å²) in [5.41, 5.74) is 0. The summed E-state index contributed by atoms with van der Waals surface area (Å²) >= 11 is 0. The largest absolute Gasteiger partial charge is 0.497 e. The highest BCUT2D eigenvalue weighted by molar-refractivity contribution is 5.79. The van der Waals surface area contributed by atoms with E-state index in [0.29, 0.717) is 13.2 Å². The lowest BCUT2D eigenvalue weighted by Crippen LogP contribution is -2.50. The van der Waals surface area contributed by atoms with Gasteiger partial charge in [0.25, 0.3) is 0 Å². The fourth-order valence-electron chi connectivity index (χ4n) is 2.84. The number of piperazine rings is 1. The zero-order valence-corrected chi connectivity index (χ0v) is 12.3. The van der Waals surface area contributed by atoms with Crippen molar-refractivity contribution in [1.82, 2.24) is 9.88 Å². The van der Waals surface area contributed by atoms with Gasteiger partial charge in [-0.3, -0.25) is 4.79 Å². The molecule has 0 saturated carbocycles. The van der Waals surface area contributed by atoms with Crippen molar-refractivity contribution in [3.8, 4) is 5.75 Å². The third-order valence-electron chi connectivity index (χ3n) is 4.15. The van der Waals surface area contributed by atoms with Gasteiger partial charge in [0.05, 0.1) is 19.6 Å². The zero-order chi connectivity index (χ0) is 14.7. The molecule has 0 spiro atoms. The van der Waals surface area contributed by atoms with E-state index in [4.69, 9.17) is 9.47 Å². The number of carbonyl (C=O) groups excluding carboxylic acids is 1. The first-order chi connectivity index (χ1) is 10.3. The second-order valence-corrected chi connectivity index (χ2v) is 5.43. The van der Waals surface area contributed by atoms with Gasteiger partial charge in [-0.1, -0.05) is 0 Å². The smallest absolute Gasteiger partial charge is 0.228 e. The molecule has 1 aromatic rings. The maximum atomic E-state index is 12.3. The summed E-state index contributed by atoms with van der Waals surface area (Å²) in [6, 6.07) is 3.77. The Morgan fingerprint density at radius 1 is 1.38 bits per heavy atom. The molecule has 1 atom stereocenters. The van der Waals surface area contributed by atoms with Gasteiger partial charge in [0.15, 0.2) is 0 Å². The summed E-state index contributed by atoms with van der Waals surface area (Å²) in [5, 5.41) is 0. The van der Waals surface area contributed by atoms with Gasteiger partial charge in [0, 0.05) is 45.0 Å². The van der Waals surface area contributed by atoms with Crippen LogP contribution in [0.2, 0.25) is 0 Å². The first-order valence-corrected chi connectivity index (χ1v) is 7.39. The Kier molecular flexibility index (Phi) is 4.24. The van der Waals surface area contributed by atoms with Crippen molar-refractivity contribution in [2.24, 2.45) is 5.92 Å². The van der Waals surface area contributed by atoms with E-state index in [0.717, 1.165) is 44.2 Å². The zero-order valence-electron chi connectivity index (χ0n) is 12.3. The third kappa shape index (κ3) is 3.10. The minimum absolute atomic E-state index is 0.0616. The van der Waals surface area contributed by atoms with Gasteiger partial charge < -0.3 is 19.3 Å². The van der Waals surface area contributed by atoms with E-state index < -0.39 is 0 Å². The summed E-state index contributed by atoms with van der Waals surface area (Å²) < 4.78 is 10.5. The van der Waals surface area contributed by atoms with Crippen molar-refractivity contribution >= 4 is 11.7 Å². The van der Waals surface area contributed by atoms with Crippen LogP contribution in [0, 0.1) is 5.92 Å². The molecule has 3 heterocycles. The second kappa shape index (κ2) is 6.30. The van der Waals surface area contributed by atoms with Crippen molar-refractivity contribution in [2.45, 2.75) is 6.42 Å². The number of aromatic nitrogens is 1. The Labute approximate surface area is 124 Å². The average Bonchev–Trinajstić information content (AvgIpc) is 3.09. The average molecular weight is 291 g/mol. The summed E-state index contributed by atoms with van der Waals surface area (Å²) in [7, 11) is 1.65. The minimum atomic E-state index is 0.0616. The molecule has 1 unspecified atom stereocenters. The Morgan fingerprint density at radius 2 is 2.19 bits per heavy atom. The van der Waals surface area contributed by atoms with Gasteiger partial charge in [-0.05, 0) is 12.5 Å². The quantitative estimate of drug-likeness (QED) is 0.823. The summed E-state index contributed by atoms with van der Waals surface area (Å²) in [6.07, 6.45) is 2.61. The number of methoxy groups -OCH3 is 1. The van der Waals surface area contributed by atoms with E-state index in [1.54, 1.807) is 13.3 Å². The fourth-order valence-corrected chi connectivity index (χ4v) is 2.84. The van der Waals surface area contributed by atoms with Crippen LogP contribution in [0.4, 0.5) is 5.82 Å². The topological polar surface area (TPSA) is 54.9 Å². The molecular formula is C15H21N3O3. The number of hydrogen-bond acceptors (Lipinski definition) is 5. The van der Waals surface area contributed by atoms with E-state index >= 15 is 0 Å². The predicted octanol–water partition coefficient (Wildman–Crippen LogP) is 0.775. The maximum absolute atomic E-state index is 12.3. The second-order valence-electron chi connectivity index (χ2n) is 5.43. The van der Waals surface area contributed by atoms with Crippen LogP contribution in [0.3, 0.4) is 0 Å². The molecule has 2 fully saturated rings. The molecule has 0 aromatic carbocycles. The minimum Gasteiger partial charge on any atom is -0.497 e. The monoisotopic (exact) mass is 291 g/mol. The lowest BCUT2D eigenvalue weighted by Gasteiger charge is -2.36. The molecule has 2 aliphatic heterocycles. The number of rotatable bonds is 3. The number of ether oxygens (including phenoxy) is 2. The molecule has 2 aliphatic rings. The number of anilines is 1. The van der Waals surface area contributed by atoms with Crippen LogP contribution in [0.1, 0.15) is 6.42 Å². The molecule has 3 rings (SSSR count). The summed E-state index contributed by atoms with van der Waals surface area (Å²) in [6.45, 7) is 4.39. The fraction of sp³-hybridized carbons (Fsp3) is 0.600. The van der Waals surface area contributed by atoms with E-state index in [1.165, 1.54) is 0 Å². The normalized spacial score (nSPS) is 22.4. The number of nitrogens with zero attached hydrogens (tertiary/aromatic N) is 3. The number of amides is 1. The van der Waals surface area contributed by atoms with Crippen molar-refractivity contribution in [1.29, 1.82) is 0 Å². The predicted molar refractivity (Wildman–Crippen MR) is 78.5 cm³/mol. The lowest BCUT2D eigenvalue weighted by molar-refractivity contribution is -0.135. The molecule has 21 heavy (non-hydrogen) atoms. The van der Waals surface area contributed by atoms with E-state index in [1.807, 2.05) is 17.0 Å². The van der Waals surface area contributed by atoms with Gasteiger partial charge in [-0.15, -0.1) is 0 Å². The van der Waals surface area contributed by atoms with Crippen molar-refractivity contribution in [3.05, 3.63) is 18.3 Å². The lowest BCUT2D eigenvalue weighted by atomic mass is 10.1. The Morgan fingerprint density at radius 3 is 2.86 bits per heavy atom. The standard InChI is InChI=1S/C15H21N3O3/c1-20-13-2-4-16-14(10-13)17-5-7-18(8-6-17)15(19)12-3-9-21-11-12/h2,4,10,12H,3,5-9,11H2,1H3. The van der Waals surface area contributed by atoms with Crippen molar-refractivity contribution in [3.63, 3.8) is 0 Å². The van der Waals surface area contributed by atoms with Gasteiger partial charge in [-0.25, -0.2) is 4.98 Å². The van der Waals surface area contributed by atoms with Crippen LogP contribution in [0.15, 0.2) is 18.3 Å². The van der Waals surface area contributed by atoms with Gasteiger partial charge >= 0.3 is 0 Å². The molecule has 1 aromatic heterocycles. The Balaban J connectivity index is 1.58. The molecule has 0 radical (unpaired) electrons. The number of pyridine rings is 1. The molecule has 0 aliphatic carbocycles. The molecule has 114 valence electrons. The first kappa shape index (κ1) is 14.1. The van der Waals surface area contributed by atoms with Crippen molar-refractivity contribution in [2.75, 3.05) is 51.4 Å². The van der Waals surface area contributed by atoms with Crippen LogP contribution in [-0.4, -0.2) is 62.3 Å². The number of hydrogen-bond donors (Lipinski definition) is 0. The Bertz CT molecular complexity index is 495. The first-order valence-electron chi connectivity index (χ1n) is 7.39. The van der Waals surface area contributed by atoms with Crippen LogP contribution in [0.5, 0.6) is 5.75 Å². The SMILES string of the molecule is COc1ccnc(N2CCN(C(=O)C3CCOC3)CC2)c1. The van der Waals surface area contributed by atoms with Gasteiger partial charge in [-0.2, -0.15) is 0 Å². The van der Waals surface area contributed by atoms with Crippen LogP contribution >= 0.6 is 0 Å².